The first-order valence-corrected chi connectivity index (χ1v) is 7.26. The minimum Gasteiger partial charge on any atom is -0.329 e. The molecule has 0 bridgehead atoms. The molecule has 0 heterocycles. The SMILES string of the molecule is Br.Br.NCC1(N)CCCCCCCCCCCC1. The lowest BCUT2D eigenvalue weighted by molar-refractivity contribution is 0.345. The van der Waals surface area contributed by atoms with E-state index in [4.69, 9.17) is 11.5 Å². The molecule has 18 heavy (non-hydrogen) atoms. The van der Waals surface area contributed by atoms with Crippen LogP contribution in [-0.4, -0.2) is 12.1 Å². The highest BCUT2D eigenvalue weighted by molar-refractivity contribution is 8.93. The van der Waals surface area contributed by atoms with Crippen LogP contribution in [0.2, 0.25) is 0 Å². The van der Waals surface area contributed by atoms with Crippen LogP contribution in [0.1, 0.15) is 77.0 Å². The predicted octanol–water partition coefficient (Wildman–Crippen LogP) is 4.49. The van der Waals surface area contributed by atoms with Crippen molar-refractivity contribution < 1.29 is 0 Å². The molecule has 0 aliphatic heterocycles. The third-order valence-corrected chi connectivity index (χ3v) is 4.01. The van der Waals surface area contributed by atoms with Crippen molar-refractivity contribution in [3.05, 3.63) is 0 Å². The Labute approximate surface area is 134 Å². The number of rotatable bonds is 1. The molecule has 0 unspecified atom stereocenters. The predicted molar refractivity (Wildman–Crippen MR) is 92.0 cm³/mol. The molecule has 1 saturated carbocycles. The molecule has 0 aromatic heterocycles. The molecule has 1 fully saturated rings. The Kier molecular flexibility index (Phi) is 15.2. The zero-order chi connectivity index (χ0) is 11.7. The van der Waals surface area contributed by atoms with Gasteiger partial charge in [-0.3, -0.25) is 0 Å². The van der Waals surface area contributed by atoms with Crippen LogP contribution in [0.15, 0.2) is 0 Å². The second-order valence-corrected chi connectivity index (χ2v) is 5.60. The van der Waals surface area contributed by atoms with Crippen molar-refractivity contribution in [2.24, 2.45) is 11.5 Å². The molecule has 0 aromatic carbocycles. The third-order valence-electron chi connectivity index (χ3n) is 4.01. The van der Waals surface area contributed by atoms with Crippen molar-refractivity contribution in [1.82, 2.24) is 0 Å². The molecule has 1 aliphatic carbocycles. The van der Waals surface area contributed by atoms with Gasteiger partial charge in [0.25, 0.3) is 0 Å². The molecule has 1 rings (SSSR count). The summed E-state index contributed by atoms with van der Waals surface area (Å²) in [6.07, 6.45) is 16.0. The van der Waals surface area contributed by atoms with Crippen molar-refractivity contribution in [3.8, 4) is 0 Å². The lowest BCUT2D eigenvalue weighted by Gasteiger charge is -2.28. The molecule has 0 aromatic rings. The van der Waals surface area contributed by atoms with Gasteiger partial charge < -0.3 is 11.5 Å². The van der Waals surface area contributed by atoms with Gasteiger partial charge in [0, 0.05) is 12.1 Å². The van der Waals surface area contributed by atoms with Gasteiger partial charge in [0.05, 0.1) is 0 Å². The van der Waals surface area contributed by atoms with Crippen LogP contribution in [0.4, 0.5) is 0 Å². The smallest absolute Gasteiger partial charge is 0.0278 e. The third kappa shape index (κ3) is 9.76. The molecule has 0 radical (unpaired) electrons. The number of hydrogen-bond donors (Lipinski definition) is 2. The topological polar surface area (TPSA) is 52.0 Å². The highest BCUT2D eigenvalue weighted by atomic mass is 79.9. The van der Waals surface area contributed by atoms with Gasteiger partial charge in [0.1, 0.15) is 0 Å². The lowest BCUT2D eigenvalue weighted by Crippen LogP contribution is -2.46. The highest BCUT2D eigenvalue weighted by Gasteiger charge is 2.21. The Morgan fingerprint density at radius 1 is 0.611 bits per heavy atom. The first-order valence-electron chi connectivity index (χ1n) is 7.26. The second kappa shape index (κ2) is 12.9. The van der Waals surface area contributed by atoms with Crippen LogP contribution in [-0.2, 0) is 0 Å². The van der Waals surface area contributed by atoms with E-state index in [-0.39, 0.29) is 39.5 Å². The molecule has 0 spiro atoms. The fourth-order valence-electron chi connectivity index (χ4n) is 2.70. The van der Waals surface area contributed by atoms with Crippen molar-refractivity contribution >= 4 is 34.0 Å². The van der Waals surface area contributed by atoms with E-state index in [1.54, 1.807) is 0 Å². The molecule has 4 heteroatoms. The first-order chi connectivity index (χ1) is 7.77. The molecule has 4 N–H and O–H groups in total. The minimum absolute atomic E-state index is 0. The summed E-state index contributed by atoms with van der Waals surface area (Å²) < 4.78 is 0. The maximum absolute atomic E-state index is 6.35. The standard InChI is InChI=1S/C14H30N2.2BrH/c15-13-14(16)11-9-7-5-3-1-2-4-6-8-10-12-14;;/h1-13,15-16H2;2*1H. The van der Waals surface area contributed by atoms with E-state index < -0.39 is 0 Å². The first kappa shape index (κ1) is 21.2. The summed E-state index contributed by atoms with van der Waals surface area (Å²) in [7, 11) is 0. The zero-order valence-electron chi connectivity index (χ0n) is 11.7. The van der Waals surface area contributed by atoms with Gasteiger partial charge in [0.2, 0.25) is 0 Å². The van der Waals surface area contributed by atoms with Gasteiger partial charge in [0.15, 0.2) is 0 Å². The van der Waals surface area contributed by atoms with E-state index in [0.29, 0.717) is 6.54 Å². The molecule has 2 nitrogen and oxygen atoms in total. The van der Waals surface area contributed by atoms with Crippen LogP contribution in [0.5, 0.6) is 0 Å². The number of nitrogens with two attached hydrogens (primary N) is 2. The largest absolute Gasteiger partial charge is 0.329 e. The summed E-state index contributed by atoms with van der Waals surface area (Å²) in [6.45, 7) is 0.660. The van der Waals surface area contributed by atoms with Gasteiger partial charge in [-0.2, -0.15) is 0 Å². The van der Waals surface area contributed by atoms with Crippen LogP contribution in [0.3, 0.4) is 0 Å². The number of hydrogen-bond acceptors (Lipinski definition) is 2. The van der Waals surface area contributed by atoms with E-state index >= 15 is 0 Å². The zero-order valence-corrected chi connectivity index (χ0v) is 15.1. The second-order valence-electron chi connectivity index (χ2n) is 5.60. The van der Waals surface area contributed by atoms with Gasteiger partial charge in [-0.1, -0.05) is 64.2 Å². The summed E-state index contributed by atoms with van der Waals surface area (Å²) >= 11 is 0. The van der Waals surface area contributed by atoms with E-state index in [9.17, 15) is 0 Å². The fourth-order valence-corrected chi connectivity index (χ4v) is 2.70. The van der Waals surface area contributed by atoms with E-state index in [0.717, 1.165) is 12.8 Å². The van der Waals surface area contributed by atoms with Crippen LogP contribution in [0, 0.1) is 0 Å². The van der Waals surface area contributed by atoms with Gasteiger partial charge in [-0.25, -0.2) is 0 Å². The Morgan fingerprint density at radius 2 is 0.889 bits per heavy atom. The molecule has 112 valence electrons. The van der Waals surface area contributed by atoms with E-state index in [2.05, 4.69) is 0 Å². The average molecular weight is 388 g/mol. The average Bonchev–Trinajstić information content (AvgIpc) is 2.31. The normalized spacial score (nSPS) is 22.3. The van der Waals surface area contributed by atoms with Crippen LogP contribution >= 0.6 is 34.0 Å². The summed E-state index contributed by atoms with van der Waals surface area (Å²) in [6, 6.07) is 0. The Morgan fingerprint density at radius 3 is 1.17 bits per heavy atom. The van der Waals surface area contributed by atoms with Crippen LogP contribution < -0.4 is 11.5 Å². The van der Waals surface area contributed by atoms with E-state index in [1.165, 1.54) is 64.2 Å². The van der Waals surface area contributed by atoms with Gasteiger partial charge >= 0.3 is 0 Å². The Balaban J connectivity index is 0. The van der Waals surface area contributed by atoms with Crippen molar-refractivity contribution in [1.29, 1.82) is 0 Å². The van der Waals surface area contributed by atoms with E-state index in [1.807, 2.05) is 0 Å². The fraction of sp³-hybridized carbons (Fsp3) is 1.00. The number of halogens is 2. The highest BCUT2D eigenvalue weighted by Crippen LogP contribution is 2.21. The maximum Gasteiger partial charge on any atom is 0.0278 e. The van der Waals surface area contributed by atoms with Crippen molar-refractivity contribution in [2.75, 3.05) is 6.54 Å². The molecular formula is C14H32Br2N2. The van der Waals surface area contributed by atoms with Crippen molar-refractivity contribution in [3.63, 3.8) is 0 Å². The maximum atomic E-state index is 6.35. The monoisotopic (exact) mass is 386 g/mol. The Hall–Kier alpha value is 0.880. The lowest BCUT2D eigenvalue weighted by atomic mass is 9.87. The Bertz CT molecular complexity index is 163. The molecule has 0 atom stereocenters. The molecular weight excluding hydrogens is 356 g/mol. The van der Waals surface area contributed by atoms with Gasteiger partial charge in [-0.05, 0) is 12.8 Å². The summed E-state index contributed by atoms with van der Waals surface area (Å²) in [5.41, 5.74) is 12.1. The molecule has 0 amide bonds. The van der Waals surface area contributed by atoms with Crippen molar-refractivity contribution in [2.45, 2.75) is 82.6 Å². The quantitative estimate of drug-likeness (QED) is 0.696. The summed E-state index contributed by atoms with van der Waals surface area (Å²) in [5, 5.41) is 0. The minimum atomic E-state index is -0.0615. The molecule has 1 aliphatic rings. The van der Waals surface area contributed by atoms with Gasteiger partial charge in [-0.15, -0.1) is 34.0 Å². The molecule has 0 saturated heterocycles. The van der Waals surface area contributed by atoms with Crippen LogP contribution in [0.25, 0.3) is 0 Å². The summed E-state index contributed by atoms with van der Waals surface area (Å²) in [4.78, 5) is 0. The summed E-state index contributed by atoms with van der Waals surface area (Å²) in [5.74, 6) is 0.